The summed E-state index contributed by atoms with van der Waals surface area (Å²) in [7, 11) is 0.225. The molecule has 1 heterocycles. The van der Waals surface area contributed by atoms with Crippen molar-refractivity contribution in [1.82, 2.24) is 9.91 Å². The lowest BCUT2D eigenvalue weighted by Gasteiger charge is -2.35. The number of hydrazine groups is 1. The SMILES string of the molecule is COC(=O)C(C)N1C(N(C)C)=NS(=O)(=O)N1c1c(Cl)cccc1Cl. The molecule has 1 aromatic rings. The van der Waals surface area contributed by atoms with Gasteiger partial charge in [-0.25, -0.2) is 9.80 Å². The van der Waals surface area contributed by atoms with E-state index in [4.69, 9.17) is 27.9 Å². The van der Waals surface area contributed by atoms with Crippen LogP contribution in [-0.2, 0) is 19.7 Å². The molecule has 0 aliphatic carbocycles. The number of carbonyl (C=O) groups excluding carboxylic acids is 1. The molecule has 0 bridgehead atoms. The molecule has 1 aromatic carbocycles. The predicted octanol–water partition coefficient (Wildman–Crippen LogP) is 1.75. The van der Waals surface area contributed by atoms with Crippen molar-refractivity contribution in [2.45, 2.75) is 13.0 Å². The quantitative estimate of drug-likeness (QED) is 0.726. The van der Waals surface area contributed by atoms with Gasteiger partial charge in [-0.15, -0.1) is 4.40 Å². The first-order valence-corrected chi connectivity index (χ1v) is 8.90. The summed E-state index contributed by atoms with van der Waals surface area (Å²) in [5.74, 6) is -0.612. The van der Waals surface area contributed by atoms with Crippen LogP contribution in [0.1, 0.15) is 6.92 Å². The average molecular weight is 395 g/mol. The fraction of sp³-hybridized carbons (Fsp3) is 0.385. The molecule has 24 heavy (non-hydrogen) atoms. The molecule has 11 heteroatoms. The van der Waals surface area contributed by atoms with Crippen molar-refractivity contribution in [3.63, 3.8) is 0 Å². The van der Waals surface area contributed by atoms with Crippen LogP contribution in [0.2, 0.25) is 10.0 Å². The van der Waals surface area contributed by atoms with E-state index in [2.05, 4.69) is 4.40 Å². The molecule has 0 saturated heterocycles. The smallest absolute Gasteiger partial charge is 0.366 e. The van der Waals surface area contributed by atoms with Crippen LogP contribution >= 0.6 is 23.2 Å². The third-order valence-corrected chi connectivity index (χ3v) is 5.05. The fourth-order valence-corrected chi connectivity index (χ4v) is 4.21. The third-order valence-electron chi connectivity index (χ3n) is 3.25. The van der Waals surface area contributed by atoms with Gasteiger partial charge in [-0.3, -0.25) is 0 Å². The number of guanidine groups is 1. The first kappa shape index (κ1) is 18.6. The van der Waals surface area contributed by atoms with E-state index in [1.54, 1.807) is 20.2 Å². The molecule has 0 fully saturated rings. The Labute approximate surface area is 150 Å². The minimum atomic E-state index is -4.19. The number of hydrogen-bond donors (Lipinski definition) is 0. The van der Waals surface area contributed by atoms with E-state index in [0.29, 0.717) is 0 Å². The Hall–Kier alpha value is -1.71. The van der Waals surface area contributed by atoms with E-state index in [1.807, 2.05) is 0 Å². The van der Waals surface area contributed by atoms with Gasteiger partial charge in [-0.2, -0.15) is 12.8 Å². The summed E-state index contributed by atoms with van der Waals surface area (Å²) in [5.41, 5.74) is 0.0113. The lowest BCUT2D eigenvalue weighted by atomic mass is 10.3. The highest BCUT2D eigenvalue weighted by atomic mass is 35.5. The van der Waals surface area contributed by atoms with Gasteiger partial charge in [-0.1, -0.05) is 29.3 Å². The Morgan fingerprint density at radius 1 is 1.29 bits per heavy atom. The lowest BCUT2D eigenvalue weighted by Crippen LogP contribution is -2.55. The van der Waals surface area contributed by atoms with E-state index in [1.165, 1.54) is 36.1 Å². The molecule has 1 aliphatic rings. The van der Waals surface area contributed by atoms with E-state index < -0.39 is 22.2 Å². The van der Waals surface area contributed by atoms with Crippen molar-refractivity contribution in [2.24, 2.45) is 4.40 Å². The molecule has 1 unspecified atom stereocenters. The van der Waals surface area contributed by atoms with Gasteiger partial charge < -0.3 is 9.64 Å². The fourth-order valence-electron chi connectivity index (χ4n) is 2.16. The number of carbonyl (C=O) groups is 1. The summed E-state index contributed by atoms with van der Waals surface area (Å²) in [6, 6.07) is 3.58. The number of benzene rings is 1. The standard InChI is InChI=1S/C13H16Cl2N4O4S/c1-8(12(20)23-4)18-13(17(2)3)16-24(21,22)19(18)11-9(14)6-5-7-10(11)15/h5-8H,1-4H3. The number of halogens is 2. The van der Waals surface area contributed by atoms with Gasteiger partial charge in [0.2, 0.25) is 5.96 Å². The van der Waals surface area contributed by atoms with Crippen molar-refractivity contribution in [1.29, 1.82) is 0 Å². The van der Waals surface area contributed by atoms with Crippen molar-refractivity contribution in [3.8, 4) is 0 Å². The van der Waals surface area contributed by atoms with Crippen LogP contribution in [-0.4, -0.2) is 57.5 Å². The van der Waals surface area contributed by atoms with Crippen molar-refractivity contribution in [2.75, 3.05) is 25.6 Å². The number of hydrogen-bond acceptors (Lipinski definition) is 6. The van der Waals surface area contributed by atoms with Gasteiger partial charge in [-0.05, 0) is 19.1 Å². The van der Waals surface area contributed by atoms with Gasteiger partial charge in [0, 0.05) is 14.1 Å². The van der Waals surface area contributed by atoms with E-state index in [-0.39, 0.29) is 21.7 Å². The van der Waals surface area contributed by atoms with Gasteiger partial charge in [0.05, 0.1) is 17.2 Å². The second-order valence-corrected chi connectivity index (χ2v) is 7.36. The normalized spacial score (nSPS) is 17.5. The van der Waals surface area contributed by atoms with Gasteiger partial charge in [0.15, 0.2) is 0 Å². The zero-order valence-electron chi connectivity index (χ0n) is 13.4. The molecule has 0 amide bonds. The highest BCUT2D eigenvalue weighted by Gasteiger charge is 2.45. The molecule has 0 radical (unpaired) electrons. The first-order valence-electron chi connectivity index (χ1n) is 6.75. The Bertz CT molecular complexity index is 777. The van der Waals surface area contributed by atoms with Crippen LogP contribution in [0, 0.1) is 0 Å². The van der Waals surface area contributed by atoms with Gasteiger partial charge >= 0.3 is 16.2 Å². The Balaban J connectivity index is 2.69. The molecule has 0 saturated carbocycles. The summed E-state index contributed by atoms with van der Waals surface area (Å²) in [6.45, 7) is 1.49. The Kier molecular flexibility index (Phi) is 5.17. The van der Waals surface area contributed by atoms with Crippen LogP contribution in [0.15, 0.2) is 22.6 Å². The monoisotopic (exact) mass is 394 g/mol. The third kappa shape index (κ3) is 3.11. The number of nitrogens with zero attached hydrogens (tertiary/aromatic N) is 4. The maximum atomic E-state index is 12.6. The molecule has 1 atom stereocenters. The largest absolute Gasteiger partial charge is 0.467 e. The summed E-state index contributed by atoms with van der Waals surface area (Å²) in [6.07, 6.45) is 0. The molecule has 132 valence electrons. The van der Waals surface area contributed by atoms with Crippen molar-refractivity contribution in [3.05, 3.63) is 28.2 Å². The Morgan fingerprint density at radius 3 is 2.29 bits per heavy atom. The molecule has 2 rings (SSSR count). The van der Waals surface area contributed by atoms with E-state index >= 15 is 0 Å². The molecule has 0 aromatic heterocycles. The lowest BCUT2D eigenvalue weighted by molar-refractivity contribution is -0.144. The second kappa shape index (κ2) is 6.66. The maximum absolute atomic E-state index is 12.6. The molecule has 8 nitrogen and oxygen atoms in total. The number of para-hydroxylation sites is 1. The Morgan fingerprint density at radius 2 is 1.83 bits per heavy atom. The number of rotatable bonds is 3. The topological polar surface area (TPSA) is 82.5 Å². The predicted molar refractivity (Wildman–Crippen MR) is 92.3 cm³/mol. The van der Waals surface area contributed by atoms with E-state index in [9.17, 15) is 13.2 Å². The highest BCUT2D eigenvalue weighted by Crippen LogP contribution is 2.39. The van der Waals surface area contributed by atoms with Crippen LogP contribution in [0.3, 0.4) is 0 Å². The number of anilines is 1. The minimum Gasteiger partial charge on any atom is -0.467 e. The summed E-state index contributed by atoms with van der Waals surface area (Å²) in [5, 5.41) is 1.38. The molecular weight excluding hydrogens is 379 g/mol. The average Bonchev–Trinajstić information content (AvgIpc) is 2.78. The maximum Gasteiger partial charge on any atom is 0.366 e. The summed E-state index contributed by atoms with van der Waals surface area (Å²) >= 11 is 12.3. The van der Waals surface area contributed by atoms with Crippen LogP contribution < -0.4 is 4.41 Å². The van der Waals surface area contributed by atoms with Crippen LogP contribution in [0.25, 0.3) is 0 Å². The zero-order chi connectivity index (χ0) is 18.2. The van der Waals surface area contributed by atoms with Crippen molar-refractivity contribution < 1.29 is 17.9 Å². The van der Waals surface area contributed by atoms with Crippen LogP contribution in [0.5, 0.6) is 0 Å². The highest BCUT2D eigenvalue weighted by molar-refractivity contribution is 7.92. The molecular formula is C13H16Cl2N4O4S. The minimum absolute atomic E-state index is 0.0113. The molecule has 0 N–H and O–H groups in total. The number of methoxy groups -OCH3 is 1. The molecule has 1 aliphatic heterocycles. The first-order chi connectivity index (χ1) is 11.1. The summed E-state index contributed by atoms with van der Waals surface area (Å²) < 4.78 is 34.5. The van der Waals surface area contributed by atoms with Gasteiger partial charge in [0.25, 0.3) is 0 Å². The van der Waals surface area contributed by atoms with Crippen LogP contribution in [0.4, 0.5) is 5.69 Å². The number of ether oxygens (including phenoxy) is 1. The molecule has 0 spiro atoms. The van der Waals surface area contributed by atoms with Crippen molar-refractivity contribution >= 4 is 51.0 Å². The second-order valence-electron chi connectivity index (χ2n) is 5.12. The summed E-state index contributed by atoms with van der Waals surface area (Å²) in [4.78, 5) is 13.5. The number of esters is 1. The van der Waals surface area contributed by atoms with Gasteiger partial charge in [0.1, 0.15) is 11.7 Å². The van der Waals surface area contributed by atoms with E-state index in [0.717, 1.165) is 4.41 Å². The zero-order valence-corrected chi connectivity index (χ0v) is 15.7.